The molecule has 4 saturated carbocycles. The first kappa shape index (κ1) is 3.89. The van der Waals surface area contributed by atoms with Crippen molar-refractivity contribution in [2.45, 2.75) is 12.8 Å². The third-order valence-corrected chi connectivity index (χ3v) is 3.71. The first-order valence-corrected chi connectivity index (χ1v) is 3.52. The molecule has 8 heavy (non-hydrogen) atoms. The lowest BCUT2D eigenvalue weighted by Gasteiger charge is -2.00. The first-order chi connectivity index (χ1) is 3.91. The zero-order chi connectivity index (χ0) is 5.35. The van der Waals surface area contributed by atoms with Gasteiger partial charge in [0.05, 0.1) is 0 Å². The highest BCUT2D eigenvalue weighted by atomic mass is 16.3. The topological polar surface area (TPSA) is 20.2 Å². The summed E-state index contributed by atoms with van der Waals surface area (Å²) in [6.07, 6.45) is 2.85. The van der Waals surface area contributed by atoms with Crippen molar-refractivity contribution < 1.29 is 5.11 Å². The van der Waals surface area contributed by atoms with E-state index in [2.05, 4.69) is 0 Å². The van der Waals surface area contributed by atoms with E-state index in [1.165, 1.54) is 12.8 Å². The number of fused-ring (bicyclic) bond motifs is 1. The van der Waals surface area contributed by atoms with Crippen LogP contribution in [0.25, 0.3) is 0 Å². The van der Waals surface area contributed by atoms with Crippen LogP contribution < -0.4 is 0 Å². The fourth-order valence-electron chi connectivity index (χ4n) is 3.18. The second-order valence-corrected chi connectivity index (χ2v) is 3.59. The summed E-state index contributed by atoms with van der Waals surface area (Å²) in [4.78, 5) is 0. The highest BCUT2D eigenvalue weighted by molar-refractivity contribution is 5.35. The van der Waals surface area contributed by atoms with Gasteiger partial charge in [0.1, 0.15) is 0 Å². The normalized spacial score (nSPS) is 72.4. The van der Waals surface area contributed by atoms with E-state index < -0.39 is 0 Å². The van der Waals surface area contributed by atoms with E-state index in [-0.39, 0.29) is 0 Å². The van der Waals surface area contributed by atoms with Crippen molar-refractivity contribution in [1.82, 2.24) is 0 Å². The third kappa shape index (κ3) is 0.163. The number of aliphatic hydroxyl groups is 1. The van der Waals surface area contributed by atoms with Gasteiger partial charge in [-0.25, -0.2) is 0 Å². The van der Waals surface area contributed by atoms with Gasteiger partial charge in [-0.3, -0.25) is 0 Å². The Bertz CT molecular complexity index is 131. The van der Waals surface area contributed by atoms with E-state index in [9.17, 15) is 0 Å². The molecule has 0 heterocycles. The Morgan fingerprint density at radius 1 is 1.38 bits per heavy atom. The summed E-state index contributed by atoms with van der Waals surface area (Å²) in [5.74, 6) is 2.97. The fourth-order valence-corrected chi connectivity index (χ4v) is 3.18. The lowest BCUT2D eigenvalue weighted by Crippen LogP contribution is -2.02. The van der Waals surface area contributed by atoms with Crippen LogP contribution in [0.15, 0.2) is 0 Å². The summed E-state index contributed by atoms with van der Waals surface area (Å²) in [7, 11) is 0. The molecule has 4 rings (SSSR count). The van der Waals surface area contributed by atoms with Crippen molar-refractivity contribution in [2.75, 3.05) is 6.61 Å². The van der Waals surface area contributed by atoms with Gasteiger partial charge in [0, 0.05) is 12.0 Å². The molecule has 1 N–H and O–H groups in total. The molecule has 0 amide bonds. The van der Waals surface area contributed by atoms with Gasteiger partial charge in [-0.2, -0.15) is 0 Å². The molecule has 1 heteroatoms. The Labute approximate surface area is 48.7 Å². The van der Waals surface area contributed by atoms with Gasteiger partial charge in [0.15, 0.2) is 0 Å². The van der Waals surface area contributed by atoms with Gasteiger partial charge < -0.3 is 5.11 Å². The molecular weight excluding hydrogens is 100 g/mol. The minimum atomic E-state index is 0.493. The Morgan fingerprint density at radius 2 is 2.00 bits per heavy atom. The van der Waals surface area contributed by atoms with Crippen LogP contribution in [-0.2, 0) is 0 Å². The van der Waals surface area contributed by atoms with Crippen LogP contribution in [0.1, 0.15) is 12.8 Å². The summed E-state index contributed by atoms with van der Waals surface area (Å²) in [5, 5.41) is 8.89. The van der Waals surface area contributed by atoms with E-state index in [0.29, 0.717) is 12.0 Å². The molecular formula is C7H10O. The standard InChI is InChI=1S/C7H10O/c8-3-7-4-1-2-5(7)6(4)7/h4-6,8H,1-3H2/t4-,5+,6?,7?. The molecule has 0 radical (unpaired) electrons. The Kier molecular flexibility index (Phi) is 0.372. The SMILES string of the molecule is OCC12C3[C@H]1CC[C@@H]32. The summed E-state index contributed by atoms with van der Waals surface area (Å²) in [6.45, 7) is 0.493. The van der Waals surface area contributed by atoms with Crippen molar-refractivity contribution in [3.8, 4) is 0 Å². The van der Waals surface area contributed by atoms with Crippen LogP contribution in [0.4, 0.5) is 0 Å². The molecule has 0 aromatic rings. The number of aliphatic hydroxyl groups excluding tert-OH is 1. The van der Waals surface area contributed by atoms with Crippen LogP contribution in [0.2, 0.25) is 0 Å². The fraction of sp³-hybridized carbons (Fsp3) is 1.00. The smallest absolute Gasteiger partial charge is 0.0495 e. The molecule has 4 aliphatic carbocycles. The monoisotopic (exact) mass is 110 g/mol. The van der Waals surface area contributed by atoms with Crippen molar-refractivity contribution in [3.05, 3.63) is 0 Å². The van der Waals surface area contributed by atoms with Crippen LogP contribution in [-0.4, -0.2) is 11.7 Å². The van der Waals surface area contributed by atoms with E-state index >= 15 is 0 Å². The van der Waals surface area contributed by atoms with Crippen molar-refractivity contribution in [2.24, 2.45) is 23.2 Å². The van der Waals surface area contributed by atoms with Gasteiger partial charge in [0.2, 0.25) is 0 Å². The number of rotatable bonds is 1. The van der Waals surface area contributed by atoms with Gasteiger partial charge in [0.25, 0.3) is 0 Å². The zero-order valence-corrected chi connectivity index (χ0v) is 4.80. The molecule has 44 valence electrons. The maximum atomic E-state index is 8.89. The molecule has 0 saturated heterocycles. The minimum Gasteiger partial charge on any atom is -0.396 e. The van der Waals surface area contributed by atoms with Crippen LogP contribution >= 0.6 is 0 Å². The molecule has 1 nitrogen and oxygen atoms in total. The summed E-state index contributed by atoms with van der Waals surface area (Å²) in [5.41, 5.74) is 0.542. The Balaban J connectivity index is 2.00. The molecule has 0 spiro atoms. The van der Waals surface area contributed by atoms with Crippen LogP contribution in [0.3, 0.4) is 0 Å². The highest BCUT2D eigenvalue weighted by Gasteiger charge is 2.88. The first-order valence-electron chi connectivity index (χ1n) is 3.52. The van der Waals surface area contributed by atoms with Gasteiger partial charge >= 0.3 is 0 Å². The van der Waals surface area contributed by atoms with E-state index in [1.807, 2.05) is 0 Å². The van der Waals surface area contributed by atoms with Crippen molar-refractivity contribution in [3.63, 3.8) is 0 Å². The summed E-state index contributed by atoms with van der Waals surface area (Å²) >= 11 is 0. The maximum Gasteiger partial charge on any atom is 0.0495 e. The molecule has 4 aliphatic rings. The average Bonchev–Trinajstić information content (AvgIpc) is 2.46. The van der Waals surface area contributed by atoms with Crippen molar-refractivity contribution in [1.29, 1.82) is 0 Å². The quantitative estimate of drug-likeness (QED) is 0.525. The average molecular weight is 110 g/mol. The second-order valence-electron chi connectivity index (χ2n) is 3.59. The van der Waals surface area contributed by atoms with Crippen LogP contribution in [0, 0.1) is 23.2 Å². The highest BCUT2D eigenvalue weighted by Crippen LogP contribution is 2.90. The maximum absolute atomic E-state index is 8.89. The predicted molar refractivity (Wildman–Crippen MR) is 29.2 cm³/mol. The molecule has 0 aliphatic heterocycles. The molecule has 4 atom stereocenters. The summed E-state index contributed by atoms with van der Waals surface area (Å²) < 4.78 is 0. The number of hydrogen-bond donors (Lipinski definition) is 1. The Morgan fingerprint density at radius 3 is 2.25 bits per heavy atom. The van der Waals surface area contributed by atoms with Gasteiger partial charge in [-0.05, 0) is 30.6 Å². The lowest BCUT2D eigenvalue weighted by molar-refractivity contribution is 0.224. The zero-order valence-electron chi connectivity index (χ0n) is 4.80. The van der Waals surface area contributed by atoms with Crippen LogP contribution in [0.5, 0.6) is 0 Å². The van der Waals surface area contributed by atoms with E-state index in [0.717, 1.165) is 17.8 Å². The number of hydrogen-bond acceptors (Lipinski definition) is 1. The third-order valence-electron chi connectivity index (χ3n) is 3.71. The molecule has 0 aromatic heterocycles. The van der Waals surface area contributed by atoms with Crippen molar-refractivity contribution >= 4 is 0 Å². The van der Waals surface area contributed by atoms with Gasteiger partial charge in [-0.15, -0.1) is 0 Å². The van der Waals surface area contributed by atoms with E-state index in [1.54, 1.807) is 0 Å². The van der Waals surface area contributed by atoms with E-state index in [4.69, 9.17) is 5.11 Å². The lowest BCUT2D eigenvalue weighted by atomic mass is 10.1. The summed E-state index contributed by atoms with van der Waals surface area (Å²) in [6, 6.07) is 0. The molecule has 2 unspecified atom stereocenters. The molecule has 4 fully saturated rings. The minimum absolute atomic E-state index is 0.493. The Hall–Kier alpha value is -0.0400. The molecule has 2 bridgehead atoms. The largest absolute Gasteiger partial charge is 0.396 e. The second kappa shape index (κ2) is 0.766. The predicted octanol–water partition coefficient (Wildman–Crippen LogP) is 0.635. The van der Waals surface area contributed by atoms with Gasteiger partial charge in [-0.1, -0.05) is 0 Å². The molecule has 0 aromatic carbocycles.